The van der Waals surface area contributed by atoms with E-state index in [1.807, 2.05) is 31.2 Å². The standard InChI is InChI=1S/C23H34N4O2S/c1-15(2)14-26-21(19-10-12-20(29-6)13-11-19)24-25-23(26)30-18(5)22(28)27-16(3)8-7-9-17(27)4/h10-13,15-18H,7-9,14H2,1-6H3/t16-,17-,18-/m1/s1. The van der Waals surface area contributed by atoms with Crippen molar-refractivity contribution >= 4 is 17.7 Å². The highest BCUT2D eigenvalue weighted by Crippen LogP contribution is 2.31. The summed E-state index contributed by atoms with van der Waals surface area (Å²) < 4.78 is 7.41. The molecule has 1 aromatic carbocycles. The van der Waals surface area contributed by atoms with E-state index in [2.05, 4.69) is 47.4 Å². The quantitative estimate of drug-likeness (QED) is 0.586. The summed E-state index contributed by atoms with van der Waals surface area (Å²) >= 11 is 1.51. The van der Waals surface area contributed by atoms with Crippen LogP contribution in [0.5, 0.6) is 5.75 Å². The van der Waals surface area contributed by atoms with Crippen molar-refractivity contribution in [2.45, 2.75) is 82.9 Å². The Balaban J connectivity index is 1.84. The zero-order valence-corrected chi connectivity index (χ0v) is 19.8. The van der Waals surface area contributed by atoms with Crippen molar-refractivity contribution in [2.24, 2.45) is 5.92 Å². The van der Waals surface area contributed by atoms with E-state index >= 15 is 0 Å². The zero-order chi connectivity index (χ0) is 21.8. The molecule has 0 saturated carbocycles. The second kappa shape index (κ2) is 9.86. The lowest BCUT2D eigenvalue weighted by Crippen LogP contribution is -2.50. The van der Waals surface area contributed by atoms with Crippen LogP contribution >= 0.6 is 11.8 Å². The maximum Gasteiger partial charge on any atom is 0.236 e. The van der Waals surface area contributed by atoms with Gasteiger partial charge in [-0.1, -0.05) is 25.6 Å². The molecule has 0 aliphatic carbocycles. The molecule has 0 radical (unpaired) electrons. The Morgan fingerprint density at radius 2 is 1.77 bits per heavy atom. The predicted molar refractivity (Wildman–Crippen MR) is 122 cm³/mol. The second-order valence-corrected chi connectivity index (χ2v) is 9.98. The second-order valence-electron chi connectivity index (χ2n) is 8.67. The molecule has 1 aliphatic heterocycles. The fourth-order valence-corrected chi connectivity index (χ4v) is 5.05. The molecule has 0 bridgehead atoms. The van der Waals surface area contributed by atoms with Gasteiger partial charge in [0.25, 0.3) is 0 Å². The third-order valence-electron chi connectivity index (χ3n) is 5.69. The van der Waals surface area contributed by atoms with Gasteiger partial charge in [-0.05, 0) is 70.2 Å². The van der Waals surface area contributed by atoms with Crippen molar-refractivity contribution in [3.05, 3.63) is 24.3 Å². The maximum absolute atomic E-state index is 13.2. The number of piperidine rings is 1. The number of carbonyl (C=O) groups is 1. The third-order valence-corrected chi connectivity index (χ3v) is 6.76. The van der Waals surface area contributed by atoms with E-state index in [0.717, 1.165) is 41.7 Å². The lowest BCUT2D eigenvalue weighted by Gasteiger charge is -2.40. The molecule has 164 valence electrons. The number of aromatic nitrogens is 3. The van der Waals surface area contributed by atoms with Gasteiger partial charge in [0.15, 0.2) is 11.0 Å². The summed E-state index contributed by atoms with van der Waals surface area (Å²) in [6.45, 7) is 11.5. The summed E-state index contributed by atoms with van der Waals surface area (Å²) in [5.41, 5.74) is 0.994. The van der Waals surface area contributed by atoms with E-state index in [1.54, 1.807) is 7.11 Å². The van der Waals surface area contributed by atoms with Gasteiger partial charge in [-0.25, -0.2) is 0 Å². The number of hydrogen-bond donors (Lipinski definition) is 0. The average molecular weight is 431 g/mol. The molecule has 30 heavy (non-hydrogen) atoms. The van der Waals surface area contributed by atoms with Gasteiger partial charge in [0.05, 0.1) is 12.4 Å². The van der Waals surface area contributed by atoms with Crippen LogP contribution in [-0.2, 0) is 11.3 Å². The number of carbonyl (C=O) groups excluding carboxylic acids is 1. The predicted octanol–water partition coefficient (Wildman–Crippen LogP) is 4.88. The minimum atomic E-state index is -0.202. The molecule has 1 aromatic heterocycles. The molecule has 2 aromatic rings. The van der Waals surface area contributed by atoms with Crippen LogP contribution < -0.4 is 4.74 Å². The Kier molecular flexibility index (Phi) is 7.45. The molecule has 1 fully saturated rings. The number of ether oxygens (including phenoxy) is 1. The van der Waals surface area contributed by atoms with Gasteiger partial charge in [0.1, 0.15) is 5.75 Å². The van der Waals surface area contributed by atoms with E-state index in [9.17, 15) is 4.79 Å². The maximum atomic E-state index is 13.2. The van der Waals surface area contributed by atoms with Crippen LogP contribution in [0.25, 0.3) is 11.4 Å². The summed E-state index contributed by atoms with van der Waals surface area (Å²) in [4.78, 5) is 15.3. The molecule has 0 spiro atoms. The minimum Gasteiger partial charge on any atom is -0.497 e. The minimum absolute atomic E-state index is 0.199. The highest BCUT2D eigenvalue weighted by molar-refractivity contribution is 8.00. The normalized spacial score (nSPS) is 20.4. The molecule has 2 heterocycles. The van der Waals surface area contributed by atoms with Gasteiger partial charge in [-0.3, -0.25) is 4.79 Å². The van der Waals surface area contributed by atoms with E-state index in [-0.39, 0.29) is 11.2 Å². The van der Waals surface area contributed by atoms with Crippen LogP contribution in [0.1, 0.15) is 53.9 Å². The summed E-state index contributed by atoms with van der Waals surface area (Å²) in [5.74, 6) is 2.27. The van der Waals surface area contributed by atoms with Crippen molar-refractivity contribution < 1.29 is 9.53 Å². The number of thioether (sulfide) groups is 1. The van der Waals surface area contributed by atoms with Gasteiger partial charge in [0, 0.05) is 24.2 Å². The molecule has 3 rings (SSSR count). The van der Waals surface area contributed by atoms with E-state index in [1.165, 1.54) is 18.2 Å². The van der Waals surface area contributed by atoms with Crippen molar-refractivity contribution in [1.29, 1.82) is 0 Å². The molecule has 1 amide bonds. The molecule has 6 nitrogen and oxygen atoms in total. The number of amides is 1. The number of hydrogen-bond acceptors (Lipinski definition) is 5. The fourth-order valence-electron chi connectivity index (χ4n) is 4.13. The van der Waals surface area contributed by atoms with Crippen molar-refractivity contribution in [2.75, 3.05) is 7.11 Å². The third kappa shape index (κ3) is 4.99. The highest BCUT2D eigenvalue weighted by atomic mass is 32.2. The Bertz CT molecular complexity index is 839. The van der Waals surface area contributed by atoms with Crippen molar-refractivity contribution in [3.63, 3.8) is 0 Å². The smallest absolute Gasteiger partial charge is 0.236 e. The summed E-state index contributed by atoms with van der Waals surface area (Å²) in [5, 5.41) is 9.54. The number of rotatable bonds is 7. The van der Waals surface area contributed by atoms with Gasteiger partial charge >= 0.3 is 0 Å². The molecule has 0 unspecified atom stereocenters. The van der Waals surface area contributed by atoms with Gasteiger partial charge in [0.2, 0.25) is 5.91 Å². The summed E-state index contributed by atoms with van der Waals surface area (Å²) in [6.07, 6.45) is 3.36. The Hall–Kier alpha value is -2.02. The fraction of sp³-hybridized carbons (Fsp3) is 0.609. The molecule has 3 atom stereocenters. The zero-order valence-electron chi connectivity index (χ0n) is 19.0. The van der Waals surface area contributed by atoms with Crippen LogP contribution in [0.3, 0.4) is 0 Å². The van der Waals surface area contributed by atoms with Crippen LogP contribution in [0.4, 0.5) is 0 Å². The molecule has 0 N–H and O–H groups in total. The lowest BCUT2D eigenvalue weighted by atomic mass is 9.97. The number of nitrogens with zero attached hydrogens (tertiary/aromatic N) is 4. The first-order valence-electron chi connectivity index (χ1n) is 10.9. The van der Waals surface area contributed by atoms with E-state index in [4.69, 9.17) is 4.74 Å². The van der Waals surface area contributed by atoms with Crippen molar-refractivity contribution in [1.82, 2.24) is 19.7 Å². The molecular weight excluding hydrogens is 396 g/mol. The average Bonchev–Trinajstić information content (AvgIpc) is 3.09. The summed E-state index contributed by atoms with van der Waals surface area (Å²) in [6, 6.07) is 8.46. The lowest BCUT2D eigenvalue weighted by molar-refractivity contribution is -0.136. The van der Waals surface area contributed by atoms with Crippen LogP contribution in [0, 0.1) is 5.92 Å². The van der Waals surface area contributed by atoms with Crippen LogP contribution in [0.2, 0.25) is 0 Å². The number of benzene rings is 1. The monoisotopic (exact) mass is 430 g/mol. The first-order valence-corrected chi connectivity index (χ1v) is 11.8. The number of likely N-dealkylation sites (tertiary alicyclic amines) is 1. The summed E-state index contributed by atoms with van der Waals surface area (Å²) in [7, 11) is 1.66. The highest BCUT2D eigenvalue weighted by Gasteiger charge is 2.33. The van der Waals surface area contributed by atoms with E-state index < -0.39 is 0 Å². The van der Waals surface area contributed by atoms with E-state index in [0.29, 0.717) is 18.0 Å². The first-order chi connectivity index (χ1) is 14.3. The topological polar surface area (TPSA) is 60.3 Å². The SMILES string of the molecule is COc1ccc(-c2nnc(S[C@H](C)C(=O)N3[C@H](C)CCC[C@H]3C)n2CC(C)C)cc1. The van der Waals surface area contributed by atoms with Crippen LogP contribution in [0.15, 0.2) is 29.4 Å². The molecule has 1 saturated heterocycles. The van der Waals surface area contributed by atoms with Gasteiger partial charge < -0.3 is 14.2 Å². The Morgan fingerprint density at radius 1 is 1.13 bits per heavy atom. The van der Waals surface area contributed by atoms with Crippen LogP contribution in [-0.4, -0.2) is 50.0 Å². The molecule has 7 heteroatoms. The number of methoxy groups -OCH3 is 1. The first kappa shape index (κ1) is 22.7. The van der Waals surface area contributed by atoms with Crippen molar-refractivity contribution in [3.8, 4) is 17.1 Å². The molecular formula is C23H34N4O2S. The Labute approximate surface area is 184 Å². The van der Waals surface area contributed by atoms with Gasteiger partial charge in [-0.15, -0.1) is 10.2 Å². The Morgan fingerprint density at radius 3 is 2.33 bits per heavy atom. The van der Waals surface area contributed by atoms with Gasteiger partial charge in [-0.2, -0.15) is 0 Å². The largest absolute Gasteiger partial charge is 0.497 e. The molecule has 1 aliphatic rings.